The summed E-state index contributed by atoms with van der Waals surface area (Å²) in [7, 11) is 2.98. The van der Waals surface area contributed by atoms with Crippen molar-refractivity contribution in [2.75, 3.05) is 25.1 Å². The quantitative estimate of drug-likeness (QED) is 0.244. The molecule has 0 N–H and O–H groups in total. The highest BCUT2D eigenvalue weighted by Gasteiger charge is 2.23. The van der Waals surface area contributed by atoms with E-state index in [0.29, 0.717) is 19.0 Å². The van der Waals surface area contributed by atoms with E-state index in [1.165, 1.54) is 14.1 Å². The van der Waals surface area contributed by atoms with Gasteiger partial charge in [-0.2, -0.15) is 8.78 Å². The molecule has 1 atom stereocenters. The highest BCUT2D eigenvalue weighted by Crippen LogP contribution is 2.28. The van der Waals surface area contributed by atoms with Gasteiger partial charge in [0.05, 0.1) is 25.0 Å². The Morgan fingerprint density at radius 1 is 1.29 bits per heavy atom. The van der Waals surface area contributed by atoms with Crippen molar-refractivity contribution < 1.29 is 18.3 Å². The van der Waals surface area contributed by atoms with Gasteiger partial charge in [0, 0.05) is 18.3 Å². The number of halogens is 2. The maximum atomic E-state index is 13.0. The monoisotopic (exact) mass is 469 g/mol. The Bertz CT molecular complexity index is 889. The molecule has 1 heterocycles. The minimum absolute atomic E-state index is 0.129. The van der Waals surface area contributed by atoms with Crippen LogP contribution >= 0.6 is 20.6 Å². The number of alkyl halides is 2. The average molecular weight is 470 g/mol. The van der Waals surface area contributed by atoms with Gasteiger partial charge in [0.15, 0.2) is 11.0 Å². The summed E-state index contributed by atoms with van der Waals surface area (Å²) in [6.45, 7) is 9.26. The van der Waals surface area contributed by atoms with E-state index < -0.39 is 5.85 Å². The van der Waals surface area contributed by atoms with Crippen LogP contribution in [0.1, 0.15) is 36.4 Å². The summed E-state index contributed by atoms with van der Waals surface area (Å²) in [4.78, 5) is 12.7. The van der Waals surface area contributed by atoms with Gasteiger partial charge in [-0.05, 0) is 53.6 Å². The van der Waals surface area contributed by atoms with Crippen LogP contribution < -0.4 is 9.64 Å². The van der Waals surface area contributed by atoms with Crippen LogP contribution in [-0.4, -0.2) is 36.9 Å². The Hall–Kier alpha value is -2.05. The van der Waals surface area contributed by atoms with Crippen molar-refractivity contribution in [1.82, 2.24) is 4.98 Å². The molecule has 0 saturated carbocycles. The summed E-state index contributed by atoms with van der Waals surface area (Å²) >= 11 is 1.65. The van der Waals surface area contributed by atoms with Gasteiger partial charge in [0.2, 0.25) is 0 Å². The number of rotatable bonds is 10. The van der Waals surface area contributed by atoms with Crippen molar-refractivity contribution in [1.29, 1.82) is 0 Å². The zero-order valence-electron chi connectivity index (χ0n) is 18.6. The predicted molar refractivity (Wildman–Crippen MR) is 128 cm³/mol. The number of aromatic nitrogens is 1. The minimum Gasteiger partial charge on any atom is -0.484 e. The second-order valence-corrected chi connectivity index (χ2v) is 8.91. The number of anilines is 1. The van der Waals surface area contributed by atoms with Crippen LogP contribution in [0.5, 0.6) is 5.75 Å². The van der Waals surface area contributed by atoms with E-state index in [4.69, 9.17) is 9.72 Å². The van der Waals surface area contributed by atoms with E-state index >= 15 is 0 Å². The van der Waals surface area contributed by atoms with Crippen LogP contribution in [0.4, 0.5) is 13.9 Å². The zero-order valence-corrected chi connectivity index (χ0v) is 20.6. The Morgan fingerprint density at radius 3 is 2.48 bits per heavy atom. The van der Waals surface area contributed by atoms with Crippen molar-refractivity contribution in [2.24, 2.45) is 4.99 Å². The molecule has 0 amide bonds. The molecule has 0 radical (unpaired) electrons. The van der Waals surface area contributed by atoms with Gasteiger partial charge in [0.25, 0.3) is 0 Å². The number of hydrogen-bond acceptors (Lipinski definition) is 6. The van der Waals surface area contributed by atoms with Crippen LogP contribution in [0.25, 0.3) is 0 Å². The molecule has 0 spiro atoms. The molecule has 0 aliphatic rings. The molecule has 170 valence electrons. The molecule has 0 aliphatic heterocycles. The van der Waals surface area contributed by atoms with E-state index in [9.17, 15) is 8.78 Å². The Balaban J connectivity index is 2.18. The summed E-state index contributed by atoms with van der Waals surface area (Å²) in [5.74, 6) is -2.54. The van der Waals surface area contributed by atoms with E-state index in [1.807, 2.05) is 13.8 Å². The van der Waals surface area contributed by atoms with Crippen LogP contribution in [0.3, 0.4) is 0 Å². The van der Waals surface area contributed by atoms with Crippen LogP contribution in [-0.2, 0) is 11.2 Å². The number of thiazole rings is 1. The molecular formula is C22H30F2N3O2PS. The maximum Gasteiger partial charge on any atom is 0.408 e. The zero-order chi connectivity index (χ0) is 23.0. The molecule has 0 fully saturated rings. The van der Waals surface area contributed by atoms with E-state index in [0.717, 1.165) is 34.9 Å². The third kappa shape index (κ3) is 8.54. The van der Waals surface area contributed by atoms with E-state index in [2.05, 4.69) is 34.6 Å². The first-order chi connectivity index (χ1) is 14.6. The van der Waals surface area contributed by atoms with Gasteiger partial charge in [-0.1, -0.05) is 25.1 Å². The fourth-order valence-electron chi connectivity index (χ4n) is 2.80. The van der Waals surface area contributed by atoms with Crippen molar-refractivity contribution in [3.8, 4) is 5.75 Å². The summed E-state index contributed by atoms with van der Waals surface area (Å²) in [6.07, 6.45) is 3.67. The summed E-state index contributed by atoms with van der Waals surface area (Å²) in [5.41, 5.74) is 2.95. The lowest BCUT2D eigenvalue weighted by Gasteiger charge is -2.22. The Labute approximate surface area is 189 Å². The maximum absolute atomic E-state index is 13.0. The number of aliphatic imine (C=N–C) groups is 1. The fourth-order valence-corrected chi connectivity index (χ4v) is 3.87. The van der Waals surface area contributed by atoms with Crippen molar-refractivity contribution in [3.63, 3.8) is 0 Å². The molecular weight excluding hydrogens is 439 g/mol. The fraction of sp³-hybridized carbons (Fsp3) is 0.455. The third-order valence-electron chi connectivity index (χ3n) is 4.52. The molecule has 31 heavy (non-hydrogen) atoms. The van der Waals surface area contributed by atoms with Gasteiger partial charge >= 0.3 is 5.85 Å². The molecule has 9 heteroatoms. The number of allylic oxidation sites excluding steroid dienone is 1. The molecule has 0 aliphatic carbocycles. The molecule has 1 aromatic carbocycles. The second kappa shape index (κ2) is 11.5. The summed E-state index contributed by atoms with van der Waals surface area (Å²) < 4.78 is 35.8. The number of ether oxygens (including phenoxy) is 2. The predicted octanol–water partition coefficient (Wildman–Crippen LogP) is 5.97. The van der Waals surface area contributed by atoms with Gasteiger partial charge < -0.3 is 14.4 Å². The lowest BCUT2D eigenvalue weighted by atomic mass is 10.1. The topological polar surface area (TPSA) is 47.0 Å². The smallest absolute Gasteiger partial charge is 0.408 e. The third-order valence-corrected chi connectivity index (χ3v) is 5.78. The minimum atomic E-state index is -3.28. The molecule has 1 aromatic heterocycles. The normalized spacial score (nSPS) is 12.8. The molecule has 1 unspecified atom stereocenters. The Morgan fingerprint density at radius 2 is 1.97 bits per heavy atom. The lowest BCUT2D eigenvalue weighted by Crippen LogP contribution is -2.28. The summed E-state index contributed by atoms with van der Waals surface area (Å²) in [6, 6.07) is 6.73. The largest absolute Gasteiger partial charge is 0.484 e. The number of nitrogens with zero attached hydrogens (tertiary/aromatic N) is 3. The molecule has 2 aromatic rings. The van der Waals surface area contributed by atoms with Crippen molar-refractivity contribution >= 4 is 31.6 Å². The van der Waals surface area contributed by atoms with Gasteiger partial charge in [-0.25, -0.2) is 9.98 Å². The number of benzene rings is 1. The first-order valence-electron chi connectivity index (χ1n) is 10.0. The number of aryl methyl sites for hydroxylation is 2. The van der Waals surface area contributed by atoms with Crippen LogP contribution in [0, 0.1) is 13.8 Å². The first kappa shape index (κ1) is 25.2. The van der Waals surface area contributed by atoms with Gasteiger partial charge in [-0.15, -0.1) is 11.3 Å². The van der Waals surface area contributed by atoms with Crippen molar-refractivity contribution in [3.05, 3.63) is 52.2 Å². The second-order valence-electron chi connectivity index (χ2n) is 7.06. The van der Waals surface area contributed by atoms with Gasteiger partial charge in [-0.3, -0.25) is 0 Å². The molecule has 0 saturated heterocycles. The standard InChI is InChI=1S/C22H30F2N3O2PS/c1-6-7-19(26-17(4)28-5)14-27(21-25-15(2)16(3)31-21)13-12-18-8-10-20(11-9-18)29-22(23,24)30/h7-11H,6,12-14,30H2,1-5H3/b19-7-,26-17+. The van der Waals surface area contributed by atoms with Gasteiger partial charge in [0.1, 0.15) is 5.75 Å². The lowest BCUT2D eigenvalue weighted by molar-refractivity contribution is -0.0892. The Kier molecular flexibility index (Phi) is 9.38. The number of hydrogen-bond donors (Lipinski definition) is 0. The molecule has 5 nitrogen and oxygen atoms in total. The van der Waals surface area contributed by atoms with Crippen molar-refractivity contribution in [2.45, 2.75) is 46.4 Å². The SMILES string of the molecule is CC/C=C(CN(CCc1ccc(OC(F)(F)P)cc1)c1nc(C)c(C)s1)\N=C(/C)OC. The molecule has 0 bridgehead atoms. The average Bonchev–Trinajstić information content (AvgIpc) is 3.03. The highest BCUT2D eigenvalue weighted by molar-refractivity contribution is 7.17. The highest BCUT2D eigenvalue weighted by atomic mass is 32.1. The molecule has 2 rings (SSSR count). The summed E-state index contributed by atoms with van der Waals surface area (Å²) in [5, 5.41) is 0.935. The van der Waals surface area contributed by atoms with Crippen LogP contribution in [0.2, 0.25) is 0 Å². The van der Waals surface area contributed by atoms with Crippen LogP contribution in [0.15, 0.2) is 41.0 Å². The number of methoxy groups -OCH3 is 1. The van der Waals surface area contributed by atoms with E-state index in [-0.39, 0.29) is 5.75 Å². The first-order valence-corrected chi connectivity index (χ1v) is 11.4. The van der Waals surface area contributed by atoms with E-state index in [1.54, 1.807) is 42.7 Å².